The Kier molecular flexibility index (Phi) is 3.80. The molecule has 1 heterocycles. The number of nitrogens with one attached hydrogen (secondary N) is 1. The second-order valence-corrected chi connectivity index (χ2v) is 5.22. The van der Waals surface area contributed by atoms with Gasteiger partial charge < -0.3 is 15.3 Å². The van der Waals surface area contributed by atoms with Crippen LogP contribution in [0, 0.1) is 22.9 Å². The predicted octanol–water partition coefficient (Wildman–Crippen LogP) is 2.43. The quantitative estimate of drug-likeness (QED) is 0.824. The van der Waals surface area contributed by atoms with E-state index in [1.165, 1.54) is 11.8 Å². The van der Waals surface area contributed by atoms with Crippen molar-refractivity contribution in [2.75, 3.05) is 18.4 Å². The zero-order valence-corrected chi connectivity index (χ0v) is 11.1. The summed E-state index contributed by atoms with van der Waals surface area (Å²) in [6.45, 7) is 1.71. The van der Waals surface area contributed by atoms with Gasteiger partial charge in [0, 0.05) is 30.9 Å². The van der Waals surface area contributed by atoms with E-state index in [-0.39, 0.29) is 25.2 Å². The molecule has 1 aliphatic rings. The number of nitrogens with zero attached hydrogens (tertiary/aromatic N) is 1. The SMILES string of the molecule is CC1(C(=O)O)CCN(C(=O)Nc2cc(F)c(F)c(F)c2)C1. The van der Waals surface area contributed by atoms with Crippen molar-refractivity contribution < 1.29 is 27.9 Å². The first-order valence-electron chi connectivity index (χ1n) is 6.17. The van der Waals surface area contributed by atoms with Crippen molar-refractivity contribution in [3.05, 3.63) is 29.6 Å². The molecular weight excluding hydrogens is 289 g/mol. The Bertz CT molecular complexity index is 585. The van der Waals surface area contributed by atoms with Crippen LogP contribution in [0.25, 0.3) is 0 Å². The van der Waals surface area contributed by atoms with Crippen LogP contribution >= 0.6 is 0 Å². The molecular formula is C13H13F3N2O3. The number of hydrogen-bond acceptors (Lipinski definition) is 2. The molecule has 2 N–H and O–H groups in total. The number of halogens is 3. The molecule has 1 atom stereocenters. The number of carbonyl (C=O) groups excluding carboxylic acids is 1. The van der Waals surface area contributed by atoms with E-state index in [4.69, 9.17) is 5.11 Å². The van der Waals surface area contributed by atoms with Gasteiger partial charge in [0.25, 0.3) is 0 Å². The van der Waals surface area contributed by atoms with E-state index in [9.17, 15) is 22.8 Å². The fraction of sp³-hybridized carbons (Fsp3) is 0.385. The number of anilines is 1. The van der Waals surface area contributed by atoms with Gasteiger partial charge in [0.15, 0.2) is 17.5 Å². The molecule has 1 unspecified atom stereocenters. The maximum Gasteiger partial charge on any atom is 0.321 e. The van der Waals surface area contributed by atoms with Gasteiger partial charge in [-0.15, -0.1) is 0 Å². The minimum atomic E-state index is -1.62. The van der Waals surface area contributed by atoms with Crippen LogP contribution in [0.4, 0.5) is 23.7 Å². The Morgan fingerprint density at radius 1 is 1.29 bits per heavy atom. The molecule has 0 aliphatic carbocycles. The molecule has 0 aromatic heterocycles. The van der Waals surface area contributed by atoms with Crippen LogP contribution in [0.3, 0.4) is 0 Å². The van der Waals surface area contributed by atoms with Crippen LogP contribution in [0.5, 0.6) is 0 Å². The van der Waals surface area contributed by atoms with Crippen molar-refractivity contribution >= 4 is 17.7 Å². The number of carboxylic acids is 1. The summed E-state index contributed by atoms with van der Waals surface area (Å²) in [6, 6.07) is 0.622. The fourth-order valence-corrected chi connectivity index (χ4v) is 2.14. The standard InChI is InChI=1S/C13H13F3N2O3/c1-13(11(19)20)2-3-18(6-13)12(21)17-7-4-8(14)10(16)9(15)5-7/h4-5H,2-3,6H2,1H3,(H,17,21)(H,19,20). The lowest BCUT2D eigenvalue weighted by atomic mass is 9.90. The summed E-state index contributed by atoms with van der Waals surface area (Å²) in [5.74, 6) is -5.46. The van der Waals surface area contributed by atoms with Crippen molar-refractivity contribution in [3.63, 3.8) is 0 Å². The van der Waals surface area contributed by atoms with Crippen LogP contribution in [0.2, 0.25) is 0 Å². The highest BCUT2D eigenvalue weighted by Crippen LogP contribution is 2.30. The molecule has 5 nitrogen and oxygen atoms in total. The zero-order valence-electron chi connectivity index (χ0n) is 11.1. The second-order valence-electron chi connectivity index (χ2n) is 5.22. The number of benzene rings is 1. The lowest BCUT2D eigenvalue weighted by Crippen LogP contribution is -2.37. The maximum atomic E-state index is 13.0. The first kappa shape index (κ1) is 15.1. The fourth-order valence-electron chi connectivity index (χ4n) is 2.14. The van der Waals surface area contributed by atoms with Gasteiger partial charge in [-0.05, 0) is 13.3 Å². The van der Waals surface area contributed by atoms with Crippen LogP contribution in [0.15, 0.2) is 12.1 Å². The van der Waals surface area contributed by atoms with E-state index in [2.05, 4.69) is 5.32 Å². The Morgan fingerprint density at radius 3 is 2.33 bits per heavy atom. The van der Waals surface area contributed by atoms with Gasteiger partial charge in [-0.1, -0.05) is 0 Å². The summed E-state index contributed by atoms with van der Waals surface area (Å²) < 4.78 is 38.9. The number of likely N-dealkylation sites (tertiary alicyclic amines) is 1. The summed E-state index contributed by atoms with van der Waals surface area (Å²) in [7, 11) is 0. The number of aliphatic carboxylic acids is 1. The minimum absolute atomic E-state index is 0.0136. The molecule has 0 spiro atoms. The summed E-state index contributed by atoms with van der Waals surface area (Å²) in [5, 5.41) is 11.3. The van der Waals surface area contributed by atoms with E-state index >= 15 is 0 Å². The van der Waals surface area contributed by atoms with Gasteiger partial charge >= 0.3 is 12.0 Å². The summed E-state index contributed by atoms with van der Waals surface area (Å²) >= 11 is 0. The number of urea groups is 1. The molecule has 8 heteroatoms. The Labute approximate surface area is 118 Å². The molecule has 114 valence electrons. The summed E-state index contributed by atoms with van der Waals surface area (Å²) in [4.78, 5) is 24.2. The molecule has 0 saturated carbocycles. The lowest BCUT2D eigenvalue weighted by Gasteiger charge is -2.20. The largest absolute Gasteiger partial charge is 0.481 e. The Balaban J connectivity index is 2.08. The molecule has 1 saturated heterocycles. The van der Waals surface area contributed by atoms with Crippen molar-refractivity contribution in [1.29, 1.82) is 0 Å². The van der Waals surface area contributed by atoms with Gasteiger partial charge in [0.05, 0.1) is 5.41 Å². The average molecular weight is 302 g/mol. The highest BCUT2D eigenvalue weighted by molar-refractivity contribution is 5.90. The summed E-state index contributed by atoms with van der Waals surface area (Å²) in [6.07, 6.45) is 0.280. The van der Waals surface area contributed by atoms with E-state index < -0.39 is 34.9 Å². The second kappa shape index (κ2) is 5.27. The molecule has 1 aromatic rings. The third kappa shape index (κ3) is 2.93. The topological polar surface area (TPSA) is 69.6 Å². The first-order valence-corrected chi connectivity index (χ1v) is 6.17. The Morgan fingerprint density at radius 2 is 1.86 bits per heavy atom. The van der Waals surface area contributed by atoms with Crippen molar-refractivity contribution in [1.82, 2.24) is 4.90 Å². The van der Waals surface area contributed by atoms with Crippen molar-refractivity contribution in [3.8, 4) is 0 Å². The van der Waals surface area contributed by atoms with Gasteiger partial charge in [0.1, 0.15) is 0 Å². The van der Waals surface area contributed by atoms with E-state index in [0.29, 0.717) is 12.1 Å². The van der Waals surface area contributed by atoms with Crippen LogP contribution < -0.4 is 5.32 Å². The van der Waals surface area contributed by atoms with E-state index in [1.807, 2.05) is 0 Å². The molecule has 1 aliphatic heterocycles. The zero-order chi connectivity index (χ0) is 15.8. The van der Waals surface area contributed by atoms with Gasteiger partial charge in [-0.2, -0.15) is 0 Å². The maximum absolute atomic E-state index is 13.0. The first-order chi connectivity index (χ1) is 9.73. The predicted molar refractivity (Wildman–Crippen MR) is 67.3 cm³/mol. The van der Waals surface area contributed by atoms with Gasteiger partial charge in [-0.25, -0.2) is 18.0 Å². The summed E-state index contributed by atoms with van der Waals surface area (Å²) in [5.41, 5.74) is -1.28. The smallest absolute Gasteiger partial charge is 0.321 e. The molecule has 1 aromatic carbocycles. The number of hydrogen-bond donors (Lipinski definition) is 2. The van der Waals surface area contributed by atoms with Crippen LogP contribution in [0.1, 0.15) is 13.3 Å². The highest BCUT2D eigenvalue weighted by atomic mass is 19.2. The average Bonchev–Trinajstić information content (AvgIpc) is 2.80. The number of rotatable bonds is 2. The third-order valence-electron chi connectivity index (χ3n) is 3.51. The van der Waals surface area contributed by atoms with Crippen molar-refractivity contribution in [2.45, 2.75) is 13.3 Å². The number of carbonyl (C=O) groups is 2. The third-order valence-corrected chi connectivity index (χ3v) is 3.51. The normalized spacial score (nSPS) is 21.4. The molecule has 0 radical (unpaired) electrons. The van der Waals surface area contributed by atoms with Crippen LogP contribution in [-0.4, -0.2) is 35.1 Å². The molecule has 2 amide bonds. The molecule has 2 rings (SSSR count). The van der Waals surface area contributed by atoms with Crippen LogP contribution in [-0.2, 0) is 4.79 Å². The Hall–Kier alpha value is -2.25. The molecule has 21 heavy (non-hydrogen) atoms. The molecule has 1 fully saturated rings. The minimum Gasteiger partial charge on any atom is -0.481 e. The van der Waals surface area contributed by atoms with E-state index in [1.54, 1.807) is 0 Å². The number of carboxylic acid groups (broad SMARTS) is 1. The van der Waals surface area contributed by atoms with E-state index in [0.717, 1.165) is 0 Å². The van der Waals surface area contributed by atoms with Gasteiger partial charge in [0.2, 0.25) is 0 Å². The lowest BCUT2D eigenvalue weighted by molar-refractivity contribution is -0.146. The number of amides is 2. The monoisotopic (exact) mass is 302 g/mol. The molecule has 0 bridgehead atoms. The van der Waals surface area contributed by atoms with Crippen molar-refractivity contribution in [2.24, 2.45) is 5.41 Å². The highest BCUT2D eigenvalue weighted by Gasteiger charge is 2.42. The van der Waals surface area contributed by atoms with Gasteiger partial charge in [-0.3, -0.25) is 4.79 Å².